The summed E-state index contributed by atoms with van der Waals surface area (Å²) in [7, 11) is 0. The molecule has 0 aliphatic carbocycles. The summed E-state index contributed by atoms with van der Waals surface area (Å²) >= 11 is 8.49. The van der Waals surface area contributed by atoms with Crippen molar-refractivity contribution in [3.63, 3.8) is 0 Å². The minimum atomic E-state index is -1.03. The van der Waals surface area contributed by atoms with Crippen molar-refractivity contribution in [2.75, 3.05) is 13.2 Å². The molecule has 1 spiro atoms. The maximum Gasteiger partial charge on any atom is 0.337 e. The standard InChI is InChI=1S/C24H24N4O3.C6H3BrClNO2/c1-23(2,3)13-29-16-6-7-20-17(9-16)24(14-30-22(25)28-24)18-10-19(27-12-21(18)31-20)15-5-4-8-26-11-15;7-4-2-9-5(8)1-3(4)6(10)11/h4-12H,13-14H2,1-3H3,(H2,25,28);1-2H,(H,10,11). The van der Waals surface area contributed by atoms with Gasteiger partial charge in [-0.1, -0.05) is 32.4 Å². The van der Waals surface area contributed by atoms with E-state index in [0.29, 0.717) is 22.6 Å². The van der Waals surface area contributed by atoms with Crippen LogP contribution in [0.1, 0.15) is 42.3 Å². The van der Waals surface area contributed by atoms with Crippen molar-refractivity contribution in [1.82, 2.24) is 15.0 Å². The molecule has 216 valence electrons. The quantitative estimate of drug-likeness (QED) is 0.238. The maximum atomic E-state index is 10.5. The smallest absolute Gasteiger partial charge is 0.337 e. The molecular weight excluding hydrogens is 626 g/mol. The lowest BCUT2D eigenvalue weighted by molar-refractivity contribution is 0.0695. The van der Waals surface area contributed by atoms with Gasteiger partial charge in [-0.2, -0.15) is 0 Å². The summed E-state index contributed by atoms with van der Waals surface area (Å²) in [6.45, 7) is 7.27. The Bertz CT molecular complexity index is 1680. The van der Waals surface area contributed by atoms with Gasteiger partial charge in [0.15, 0.2) is 11.3 Å². The number of aliphatic imine (C=N–C) groups is 1. The summed E-state index contributed by atoms with van der Waals surface area (Å²) in [6.07, 6.45) is 6.58. The van der Waals surface area contributed by atoms with E-state index in [1.165, 1.54) is 12.3 Å². The lowest BCUT2D eigenvalue weighted by Gasteiger charge is -2.33. The minimum Gasteiger partial charge on any atom is -0.493 e. The van der Waals surface area contributed by atoms with E-state index >= 15 is 0 Å². The van der Waals surface area contributed by atoms with Gasteiger partial charge in [0.25, 0.3) is 6.02 Å². The van der Waals surface area contributed by atoms with Gasteiger partial charge in [-0.15, -0.1) is 0 Å². The Morgan fingerprint density at radius 1 is 1.12 bits per heavy atom. The number of carbonyl (C=O) groups is 1. The second kappa shape index (κ2) is 11.6. The molecule has 42 heavy (non-hydrogen) atoms. The largest absolute Gasteiger partial charge is 0.493 e. The average Bonchev–Trinajstić information content (AvgIpc) is 3.35. The SMILES string of the molecule is CC(C)(C)COc1ccc2c(c1)C1(COC(N)=N1)c1cc(-c3cccnc3)ncc1O2.O=C(O)c1cc(Cl)ncc1Br. The minimum absolute atomic E-state index is 0.0417. The molecule has 6 rings (SSSR count). The van der Waals surface area contributed by atoms with E-state index in [-0.39, 0.29) is 28.8 Å². The maximum absolute atomic E-state index is 10.5. The Hall–Kier alpha value is -4.22. The molecule has 10 nitrogen and oxygen atoms in total. The number of ether oxygens (including phenoxy) is 3. The van der Waals surface area contributed by atoms with Crippen LogP contribution in [0.5, 0.6) is 17.2 Å². The Labute approximate surface area is 255 Å². The number of carboxylic acids is 1. The number of hydrogen-bond acceptors (Lipinski definition) is 9. The van der Waals surface area contributed by atoms with Crippen molar-refractivity contribution in [1.29, 1.82) is 0 Å². The fourth-order valence-electron chi connectivity index (χ4n) is 4.38. The van der Waals surface area contributed by atoms with Crippen molar-refractivity contribution in [2.24, 2.45) is 16.1 Å². The van der Waals surface area contributed by atoms with Crippen LogP contribution in [0.25, 0.3) is 11.3 Å². The van der Waals surface area contributed by atoms with Crippen LogP contribution in [-0.4, -0.2) is 45.3 Å². The van der Waals surface area contributed by atoms with Gasteiger partial charge >= 0.3 is 5.97 Å². The number of carboxylic acid groups (broad SMARTS) is 1. The molecule has 0 saturated heterocycles. The molecule has 0 amide bonds. The third-order valence-corrected chi connectivity index (χ3v) is 7.18. The molecule has 2 aliphatic heterocycles. The number of nitrogens with two attached hydrogens (primary N) is 1. The van der Waals surface area contributed by atoms with Crippen LogP contribution in [0.2, 0.25) is 5.15 Å². The van der Waals surface area contributed by atoms with E-state index in [9.17, 15) is 4.79 Å². The molecule has 4 aromatic rings. The van der Waals surface area contributed by atoms with E-state index in [0.717, 1.165) is 28.1 Å². The molecule has 3 N–H and O–H groups in total. The number of fused-ring (bicyclic) bond motifs is 4. The summed E-state index contributed by atoms with van der Waals surface area (Å²) in [5.41, 5.74) is 8.71. The molecule has 5 heterocycles. The number of aromatic nitrogens is 3. The number of halogens is 2. The Kier molecular flexibility index (Phi) is 8.07. The van der Waals surface area contributed by atoms with E-state index in [2.05, 4.69) is 51.7 Å². The number of aromatic carboxylic acids is 1. The fourth-order valence-corrected chi connectivity index (χ4v) is 4.92. The first kappa shape index (κ1) is 29.3. The Morgan fingerprint density at radius 3 is 2.55 bits per heavy atom. The molecule has 12 heteroatoms. The van der Waals surface area contributed by atoms with E-state index in [1.807, 2.05) is 36.4 Å². The molecule has 1 atom stereocenters. The van der Waals surface area contributed by atoms with Gasteiger partial charge in [0.2, 0.25) is 0 Å². The Morgan fingerprint density at radius 2 is 1.90 bits per heavy atom. The molecule has 0 saturated carbocycles. The number of benzene rings is 1. The van der Waals surface area contributed by atoms with Crippen LogP contribution >= 0.6 is 27.5 Å². The first-order chi connectivity index (χ1) is 19.9. The highest BCUT2D eigenvalue weighted by Crippen LogP contribution is 2.52. The summed E-state index contributed by atoms with van der Waals surface area (Å²) < 4.78 is 18.3. The van der Waals surface area contributed by atoms with Crippen molar-refractivity contribution < 1.29 is 24.1 Å². The third-order valence-electron chi connectivity index (χ3n) is 6.34. The zero-order valence-corrected chi connectivity index (χ0v) is 25.3. The van der Waals surface area contributed by atoms with Gasteiger partial charge in [-0.25, -0.2) is 14.8 Å². The molecule has 2 aliphatic rings. The molecule has 3 aromatic heterocycles. The van der Waals surface area contributed by atoms with E-state index in [4.69, 9.17) is 41.6 Å². The van der Waals surface area contributed by atoms with Gasteiger partial charge in [0.05, 0.1) is 28.5 Å². The zero-order valence-electron chi connectivity index (χ0n) is 23.0. The van der Waals surface area contributed by atoms with Gasteiger partial charge in [-0.3, -0.25) is 9.97 Å². The van der Waals surface area contributed by atoms with Gasteiger partial charge in [0.1, 0.15) is 23.3 Å². The van der Waals surface area contributed by atoms with E-state index in [1.54, 1.807) is 18.6 Å². The van der Waals surface area contributed by atoms with Crippen molar-refractivity contribution in [2.45, 2.75) is 26.3 Å². The average molecular weight is 653 g/mol. The van der Waals surface area contributed by atoms with E-state index < -0.39 is 11.5 Å². The highest BCUT2D eigenvalue weighted by Gasteiger charge is 2.47. The topological polar surface area (TPSA) is 142 Å². The lowest BCUT2D eigenvalue weighted by atomic mass is 9.81. The molecule has 0 radical (unpaired) electrons. The second-order valence-electron chi connectivity index (χ2n) is 10.8. The van der Waals surface area contributed by atoms with Crippen molar-refractivity contribution >= 4 is 39.5 Å². The summed E-state index contributed by atoms with van der Waals surface area (Å²) in [5, 5.41) is 8.75. The lowest BCUT2D eigenvalue weighted by Crippen LogP contribution is -2.31. The van der Waals surface area contributed by atoms with Crippen LogP contribution < -0.4 is 15.2 Å². The van der Waals surface area contributed by atoms with Crippen LogP contribution in [0, 0.1) is 5.41 Å². The predicted octanol–water partition coefficient (Wildman–Crippen LogP) is 6.46. The first-order valence-electron chi connectivity index (χ1n) is 12.8. The zero-order chi connectivity index (χ0) is 30.1. The van der Waals surface area contributed by atoms with Crippen LogP contribution in [-0.2, 0) is 10.3 Å². The number of pyridine rings is 3. The number of rotatable bonds is 4. The first-order valence-corrected chi connectivity index (χ1v) is 14.0. The van der Waals surface area contributed by atoms with Gasteiger partial charge in [-0.05, 0) is 63.8 Å². The fraction of sp³-hybridized carbons (Fsp3) is 0.233. The third kappa shape index (κ3) is 6.17. The summed E-state index contributed by atoms with van der Waals surface area (Å²) in [5.74, 6) is 1.04. The predicted molar refractivity (Wildman–Crippen MR) is 161 cm³/mol. The molecule has 1 aromatic carbocycles. The number of amidine groups is 1. The van der Waals surface area contributed by atoms with Crippen LogP contribution in [0.4, 0.5) is 0 Å². The summed E-state index contributed by atoms with van der Waals surface area (Å²) in [6, 6.07) is 13.0. The monoisotopic (exact) mass is 651 g/mol. The molecule has 0 bridgehead atoms. The Balaban J connectivity index is 0.000000271. The van der Waals surface area contributed by atoms with Gasteiger partial charge in [0, 0.05) is 35.3 Å². The van der Waals surface area contributed by atoms with Crippen molar-refractivity contribution in [3.8, 4) is 28.5 Å². The normalized spacial score (nSPS) is 16.6. The number of nitrogens with zero attached hydrogens (tertiary/aromatic N) is 4. The highest BCUT2D eigenvalue weighted by molar-refractivity contribution is 9.10. The molecule has 1 unspecified atom stereocenters. The summed E-state index contributed by atoms with van der Waals surface area (Å²) in [4.78, 5) is 27.6. The molecular formula is C30H27BrClN5O5. The second-order valence-corrected chi connectivity index (χ2v) is 12.0. The number of hydrogen-bond donors (Lipinski definition) is 2. The highest BCUT2D eigenvalue weighted by atomic mass is 79.9. The van der Waals surface area contributed by atoms with Crippen LogP contribution in [0.3, 0.4) is 0 Å². The van der Waals surface area contributed by atoms with Gasteiger partial charge < -0.3 is 25.1 Å². The molecule has 0 fully saturated rings. The van der Waals surface area contributed by atoms with Crippen molar-refractivity contribution in [3.05, 3.63) is 93.6 Å². The van der Waals surface area contributed by atoms with Crippen LogP contribution in [0.15, 0.2) is 76.7 Å².